The summed E-state index contributed by atoms with van der Waals surface area (Å²) in [6.45, 7) is 4.79. The number of carbonyl (C=O) groups is 1. The first-order valence-electron chi connectivity index (χ1n) is 10.8. The molecule has 1 aliphatic heterocycles. The van der Waals surface area contributed by atoms with E-state index in [4.69, 9.17) is 0 Å². The molecule has 9 nitrogen and oxygen atoms in total. The van der Waals surface area contributed by atoms with Crippen molar-refractivity contribution < 1.29 is 30.4 Å². The van der Waals surface area contributed by atoms with Crippen LogP contribution in [-0.2, 0) is 24.8 Å². The van der Waals surface area contributed by atoms with E-state index in [1.165, 1.54) is 23.4 Å². The molecule has 1 N–H and O–H groups in total. The normalized spacial score (nSPS) is 16.6. The Morgan fingerprint density at radius 2 is 1.63 bits per heavy atom. The second kappa shape index (κ2) is 10.2. The van der Waals surface area contributed by atoms with Gasteiger partial charge in [0, 0.05) is 37.9 Å². The minimum absolute atomic E-state index is 0.0353. The standard InChI is InChI=1S/C22H28F2N4O5S2/c1-15-5-6-17(13-21(15)35(32,33)27-11-9-26(3)10-12-27)25-22(29)16(2)28(34(4,30)31)18-7-8-19(23)20(24)14-18/h5-8,13-14,16H,9-12H2,1-4H3,(H,25,29)/t16-/m0/s1. The summed E-state index contributed by atoms with van der Waals surface area (Å²) in [7, 11) is -5.97. The number of rotatable bonds is 7. The third-order valence-corrected chi connectivity index (χ3v) is 9.06. The summed E-state index contributed by atoms with van der Waals surface area (Å²) in [4.78, 5) is 15.0. The quantitative estimate of drug-likeness (QED) is 0.587. The summed E-state index contributed by atoms with van der Waals surface area (Å²) >= 11 is 0. The molecule has 1 saturated heterocycles. The molecule has 13 heteroatoms. The highest BCUT2D eigenvalue weighted by molar-refractivity contribution is 7.92. The summed E-state index contributed by atoms with van der Waals surface area (Å²) in [5.74, 6) is -3.21. The number of likely N-dealkylation sites (N-methyl/N-ethyl adjacent to an activating group) is 1. The molecule has 0 aliphatic carbocycles. The van der Waals surface area contributed by atoms with Crippen LogP contribution in [-0.4, -0.2) is 77.5 Å². The number of halogens is 2. The average molecular weight is 531 g/mol. The summed E-state index contributed by atoms with van der Waals surface area (Å²) in [5.41, 5.74) is 0.421. The van der Waals surface area contributed by atoms with E-state index in [1.54, 1.807) is 13.0 Å². The molecule has 0 bridgehead atoms. The SMILES string of the molecule is Cc1ccc(NC(=O)[C@H](C)N(c2ccc(F)c(F)c2)S(C)(=O)=O)cc1S(=O)(=O)N1CCN(C)CC1. The van der Waals surface area contributed by atoms with E-state index in [9.17, 15) is 30.4 Å². The number of benzene rings is 2. The van der Waals surface area contributed by atoms with Gasteiger partial charge in [0.2, 0.25) is 26.0 Å². The van der Waals surface area contributed by atoms with Gasteiger partial charge in [0.05, 0.1) is 16.8 Å². The largest absolute Gasteiger partial charge is 0.324 e. The molecule has 1 amide bonds. The number of anilines is 2. The Kier molecular flexibility index (Phi) is 7.84. The van der Waals surface area contributed by atoms with Gasteiger partial charge >= 0.3 is 0 Å². The highest BCUT2D eigenvalue weighted by Gasteiger charge is 2.31. The predicted molar refractivity (Wildman–Crippen MR) is 129 cm³/mol. The van der Waals surface area contributed by atoms with E-state index < -0.39 is 43.6 Å². The van der Waals surface area contributed by atoms with Crippen molar-refractivity contribution in [2.45, 2.75) is 24.8 Å². The summed E-state index contributed by atoms with van der Waals surface area (Å²) in [5, 5.41) is 2.54. The van der Waals surface area contributed by atoms with Gasteiger partial charge in [-0.25, -0.2) is 25.6 Å². The summed E-state index contributed by atoms with van der Waals surface area (Å²) < 4.78 is 80.4. The van der Waals surface area contributed by atoms with Crippen LogP contribution in [0.2, 0.25) is 0 Å². The van der Waals surface area contributed by atoms with Crippen molar-refractivity contribution in [3.8, 4) is 0 Å². The maximum absolute atomic E-state index is 13.7. The Morgan fingerprint density at radius 3 is 2.20 bits per heavy atom. The number of nitrogens with zero attached hydrogens (tertiary/aromatic N) is 3. The maximum atomic E-state index is 13.7. The molecule has 192 valence electrons. The zero-order chi connectivity index (χ0) is 26.1. The molecule has 1 aliphatic rings. The molecule has 1 heterocycles. The maximum Gasteiger partial charge on any atom is 0.247 e. The first-order chi connectivity index (χ1) is 16.2. The molecule has 0 unspecified atom stereocenters. The number of hydrogen-bond acceptors (Lipinski definition) is 6. The van der Waals surface area contributed by atoms with Gasteiger partial charge in [0.1, 0.15) is 6.04 Å². The molecular formula is C22H28F2N4O5S2. The van der Waals surface area contributed by atoms with Crippen molar-refractivity contribution in [1.29, 1.82) is 0 Å². The van der Waals surface area contributed by atoms with Crippen molar-refractivity contribution in [1.82, 2.24) is 9.21 Å². The first-order valence-corrected chi connectivity index (χ1v) is 14.1. The Hall–Kier alpha value is -2.61. The highest BCUT2D eigenvalue weighted by Crippen LogP contribution is 2.26. The van der Waals surface area contributed by atoms with Gasteiger partial charge in [0.15, 0.2) is 11.6 Å². The molecule has 0 aromatic heterocycles. The minimum atomic E-state index is -4.06. The zero-order valence-corrected chi connectivity index (χ0v) is 21.5. The summed E-state index contributed by atoms with van der Waals surface area (Å²) in [6.07, 6.45) is 0.838. The lowest BCUT2D eigenvalue weighted by molar-refractivity contribution is -0.116. The van der Waals surface area contributed by atoms with Crippen LogP contribution in [0.5, 0.6) is 0 Å². The van der Waals surface area contributed by atoms with E-state index in [1.807, 2.05) is 11.9 Å². The van der Waals surface area contributed by atoms with E-state index in [0.29, 0.717) is 42.1 Å². The van der Waals surface area contributed by atoms with Crippen LogP contribution in [0.25, 0.3) is 0 Å². The van der Waals surface area contributed by atoms with Crippen LogP contribution >= 0.6 is 0 Å². The topological polar surface area (TPSA) is 107 Å². The zero-order valence-electron chi connectivity index (χ0n) is 19.8. The molecule has 0 radical (unpaired) electrons. The van der Waals surface area contributed by atoms with Gasteiger partial charge in [-0.3, -0.25) is 9.10 Å². The second-order valence-electron chi connectivity index (χ2n) is 8.51. The van der Waals surface area contributed by atoms with E-state index >= 15 is 0 Å². The van der Waals surface area contributed by atoms with Crippen LogP contribution < -0.4 is 9.62 Å². The Balaban J connectivity index is 1.88. The van der Waals surface area contributed by atoms with E-state index in [-0.39, 0.29) is 16.3 Å². The van der Waals surface area contributed by atoms with Crippen molar-refractivity contribution >= 4 is 37.3 Å². The van der Waals surface area contributed by atoms with Crippen LogP contribution in [0.3, 0.4) is 0 Å². The number of carbonyl (C=O) groups excluding carboxylic acids is 1. The molecule has 2 aromatic rings. The number of sulfonamides is 2. The van der Waals surface area contributed by atoms with Crippen LogP contribution in [0.4, 0.5) is 20.2 Å². The molecule has 1 atom stereocenters. The van der Waals surface area contributed by atoms with Gasteiger partial charge in [-0.05, 0) is 50.7 Å². The fourth-order valence-electron chi connectivity index (χ4n) is 3.80. The minimum Gasteiger partial charge on any atom is -0.324 e. The fourth-order valence-corrected chi connectivity index (χ4v) is 6.64. The van der Waals surface area contributed by atoms with Crippen LogP contribution in [0, 0.1) is 18.6 Å². The smallest absolute Gasteiger partial charge is 0.247 e. The molecule has 2 aromatic carbocycles. The van der Waals surface area contributed by atoms with Gasteiger partial charge in [-0.15, -0.1) is 0 Å². The number of amides is 1. The number of hydrogen-bond donors (Lipinski definition) is 1. The van der Waals surface area contributed by atoms with Gasteiger partial charge in [-0.1, -0.05) is 6.07 Å². The van der Waals surface area contributed by atoms with Gasteiger partial charge in [0.25, 0.3) is 0 Å². The van der Waals surface area contributed by atoms with Crippen molar-refractivity contribution in [3.05, 3.63) is 53.6 Å². The van der Waals surface area contributed by atoms with Crippen molar-refractivity contribution in [3.63, 3.8) is 0 Å². The summed E-state index contributed by atoms with van der Waals surface area (Å²) in [6, 6.07) is 5.54. The molecule has 1 fully saturated rings. The molecular weight excluding hydrogens is 502 g/mol. The fraction of sp³-hybridized carbons (Fsp3) is 0.409. The molecule has 0 saturated carbocycles. The average Bonchev–Trinajstić information content (AvgIpc) is 2.76. The number of aryl methyl sites for hydroxylation is 1. The highest BCUT2D eigenvalue weighted by atomic mass is 32.2. The first kappa shape index (κ1) is 27.0. The van der Waals surface area contributed by atoms with E-state index in [2.05, 4.69) is 5.32 Å². The predicted octanol–water partition coefficient (Wildman–Crippen LogP) is 2.00. The lowest BCUT2D eigenvalue weighted by Gasteiger charge is -2.32. The third kappa shape index (κ3) is 5.97. The van der Waals surface area contributed by atoms with Gasteiger partial charge < -0.3 is 10.2 Å². The lowest BCUT2D eigenvalue weighted by Crippen LogP contribution is -2.47. The molecule has 3 rings (SSSR count). The number of piperazine rings is 1. The third-order valence-electron chi connectivity index (χ3n) is 5.78. The Labute approximate surface area is 204 Å². The lowest BCUT2D eigenvalue weighted by atomic mass is 10.2. The number of nitrogens with one attached hydrogen (secondary N) is 1. The molecule has 35 heavy (non-hydrogen) atoms. The van der Waals surface area contributed by atoms with Crippen molar-refractivity contribution in [2.24, 2.45) is 0 Å². The van der Waals surface area contributed by atoms with Gasteiger partial charge in [-0.2, -0.15) is 4.31 Å². The van der Waals surface area contributed by atoms with Crippen molar-refractivity contribution in [2.75, 3.05) is 49.1 Å². The van der Waals surface area contributed by atoms with Crippen LogP contribution in [0.15, 0.2) is 41.3 Å². The monoisotopic (exact) mass is 530 g/mol. The van der Waals surface area contributed by atoms with Crippen LogP contribution in [0.1, 0.15) is 12.5 Å². The Bertz CT molecular complexity index is 1330. The van der Waals surface area contributed by atoms with E-state index in [0.717, 1.165) is 18.4 Å². The molecule has 0 spiro atoms. The second-order valence-corrected chi connectivity index (χ2v) is 12.3. The Morgan fingerprint density at radius 1 is 1.00 bits per heavy atom.